The van der Waals surface area contributed by atoms with Crippen LogP contribution >= 0.6 is 0 Å². The molecule has 2 aliphatic heterocycles. The number of amides is 2. The molecule has 4 atom stereocenters. The number of benzene rings is 1. The Bertz CT molecular complexity index is 1100. The average Bonchev–Trinajstić information content (AvgIpc) is 3.39. The molecule has 9 nitrogen and oxygen atoms in total. The van der Waals surface area contributed by atoms with Gasteiger partial charge in [0.1, 0.15) is 12.1 Å². The fourth-order valence-corrected chi connectivity index (χ4v) is 5.50. The van der Waals surface area contributed by atoms with Crippen molar-refractivity contribution in [3.8, 4) is 0 Å². The summed E-state index contributed by atoms with van der Waals surface area (Å²) in [6.07, 6.45) is 3.57. The molecule has 2 N–H and O–H groups in total. The molecule has 0 radical (unpaired) electrons. The summed E-state index contributed by atoms with van der Waals surface area (Å²) in [5.41, 5.74) is 2.77. The zero-order valence-electron chi connectivity index (χ0n) is 21.0. The monoisotopic (exact) mass is 480 g/mol. The van der Waals surface area contributed by atoms with Gasteiger partial charge in [-0.1, -0.05) is 50.3 Å². The maximum Gasteiger partial charge on any atom is 0.248 e. The number of hydrogen-bond acceptors (Lipinski definition) is 6. The van der Waals surface area contributed by atoms with Crippen LogP contribution in [0.5, 0.6) is 0 Å². The molecule has 1 aliphatic carbocycles. The number of likely N-dealkylation sites (tertiary alicyclic amines) is 1. The minimum Gasteiger partial charge on any atom is -0.391 e. The lowest BCUT2D eigenvalue weighted by atomic mass is 9.85. The minimum atomic E-state index is -0.741. The second kappa shape index (κ2) is 9.02. The van der Waals surface area contributed by atoms with Crippen molar-refractivity contribution >= 4 is 11.8 Å². The molecule has 2 amide bonds. The molecule has 2 fully saturated rings. The van der Waals surface area contributed by atoms with E-state index in [4.69, 9.17) is 0 Å². The molecule has 1 unspecified atom stereocenters. The quantitative estimate of drug-likeness (QED) is 0.679. The Morgan fingerprint density at radius 2 is 1.91 bits per heavy atom. The van der Waals surface area contributed by atoms with Gasteiger partial charge >= 0.3 is 0 Å². The van der Waals surface area contributed by atoms with Gasteiger partial charge in [0.15, 0.2) is 0 Å². The average molecular weight is 481 g/mol. The zero-order chi connectivity index (χ0) is 24.9. The largest absolute Gasteiger partial charge is 0.391 e. The first kappa shape index (κ1) is 23.9. The summed E-state index contributed by atoms with van der Waals surface area (Å²) in [5, 5.41) is 22.3. The number of aliphatic hydroxyl groups is 1. The van der Waals surface area contributed by atoms with E-state index in [1.54, 1.807) is 9.58 Å². The summed E-state index contributed by atoms with van der Waals surface area (Å²) in [6, 6.07) is 6.62. The van der Waals surface area contributed by atoms with Gasteiger partial charge in [0.2, 0.25) is 11.8 Å². The van der Waals surface area contributed by atoms with Crippen LogP contribution in [0.3, 0.4) is 0 Å². The molecule has 9 heteroatoms. The lowest BCUT2D eigenvalue weighted by Gasteiger charge is -2.36. The maximum atomic E-state index is 13.9. The van der Waals surface area contributed by atoms with Crippen LogP contribution in [0.15, 0.2) is 30.5 Å². The number of nitrogens with zero attached hydrogens (tertiary/aromatic N) is 5. The predicted octanol–water partition coefficient (Wildman–Crippen LogP) is 2.01. The Morgan fingerprint density at radius 1 is 1.17 bits per heavy atom. The molecule has 1 aromatic heterocycles. The van der Waals surface area contributed by atoms with Gasteiger partial charge in [0.05, 0.1) is 17.8 Å². The molecular formula is C26H36N6O3. The van der Waals surface area contributed by atoms with Gasteiger partial charge in [0, 0.05) is 38.2 Å². The van der Waals surface area contributed by atoms with Gasteiger partial charge in [-0.2, -0.15) is 0 Å². The van der Waals surface area contributed by atoms with E-state index >= 15 is 0 Å². The molecule has 2 aromatic rings. The smallest absolute Gasteiger partial charge is 0.248 e. The van der Waals surface area contributed by atoms with E-state index in [1.165, 1.54) is 5.56 Å². The summed E-state index contributed by atoms with van der Waals surface area (Å²) < 4.78 is 1.65. The number of fused-ring (bicyclic) bond motifs is 1. The summed E-state index contributed by atoms with van der Waals surface area (Å²) in [6.45, 7) is 7.64. The number of aliphatic hydroxyl groups excluding tert-OH is 1. The van der Waals surface area contributed by atoms with Crippen molar-refractivity contribution < 1.29 is 14.7 Å². The van der Waals surface area contributed by atoms with Gasteiger partial charge in [-0.25, -0.2) is 4.68 Å². The van der Waals surface area contributed by atoms with Crippen LogP contribution in [0, 0.1) is 5.41 Å². The molecule has 1 saturated heterocycles. The van der Waals surface area contributed by atoms with Gasteiger partial charge in [-0.05, 0) is 36.4 Å². The molecular weight excluding hydrogens is 444 g/mol. The standard InChI is InChI=1S/C26H36N6O3/c1-26(2,3)23(32-15-20(28-29-32)16-9-10-16)25(35)31-13-18(33)11-22(31)24(34)27-21-14-30(4)12-17-7-5-6-8-19(17)21/h5-8,15-16,18,21-23,33H,9-14H2,1-4H3,(H,27,34)/t18-,21?,22+,23-/m1/s1. The second-order valence-electron chi connectivity index (χ2n) is 11.5. The predicted molar refractivity (Wildman–Crippen MR) is 130 cm³/mol. The molecule has 3 heterocycles. The fourth-order valence-electron chi connectivity index (χ4n) is 5.50. The number of hydrogen-bond donors (Lipinski definition) is 2. The van der Waals surface area contributed by atoms with E-state index in [0.717, 1.165) is 30.6 Å². The van der Waals surface area contributed by atoms with Crippen molar-refractivity contribution in [2.24, 2.45) is 5.41 Å². The van der Waals surface area contributed by atoms with Crippen LogP contribution in [0.1, 0.15) is 74.9 Å². The van der Waals surface area contributed by atoms with Crippen LogP contribution in [-0.4, -0.2) is 74.0 Å². The van der Waals surface area contributed by atoms with Crippen molar-refractivity contribution in [1.82, 2.24) is 30.1 Å². The van der Waals surface area contributed by atoms with Crippen LogP contribution in [0.25, 0.3) is 0 Å². The van der Waals surface area contributed by atoms with E-state index in [9.17, 15) is 14.7 Å². The first-order chi connectivity index (χ1) is 16.6. The van der Waals surface area contributed by atoms with Crippen molar-refractivity contribution in [1.29, 1.82) is 0 Å². The number of carbonyl (C=O) groups excluding carboxylic acids is 2. The highest BCUT2D eigenvalue weighted by molar-refractivity contribution is 5.90. The third-order valence-electron chi connectivity index (χ3n) is 7.39. The summed E-state index contributed by atoms with van der Waals surface area (Å²) >= 11 is 0. The van der Waals surface area contributed by atoms with E-state index in [0.29, 0.717) is 12.5 Å². The Balaban J connectivity index is 1.37. The number of β-amino-alcohol motifs (C(OH)–C–C–N with tert-alkyl or cyclic N) is 1. The lowest BCUT2D eigenvalue weighted by Crippen LogP contribution is -2.52. The fraction of sp³-hybridized carbons (Fsp3) is 0.615. The minimum absolute atomic E-state index is 0.134. The first-order valence-corrected chi connectivity index (χ1v) is 12.6. The van der Waals surface area contributed by atoms with Gasteiger partial charge in [0.25, 0.3) is 0 Å². The Labute approximate surface area is 206 Å². The van der Waals surface area contributed by atoms with Crippen LogP contribution in [0.2, 0.25) is 0 Å². The van der Waals surface area contributed by atoms with Crippen molar-refractivity contribution in [3.05, 3.63) is 47.3 Å². The Morgan fingerprint density at radius 3 is 2.63 bits per heavy atom. The summed E-state index contributed by atoms with van der Waals surface area (Å²) in [7, 11) is 2.03. The van der Waals surface area contributed by atoms with E-state index in [-0.39, 0.29) is 30.8 Å². The third kappa shape index (κ3) is 4.84. The first-order valence-electron chi connectivity index (χ1n) is 12.6. The number of aromatic nitrogens is 3. The number of nitrogens with one attached hydrogen (secondary N) is 1. The number of rotatable bonds is 5. The summed E-state index contributed by atoms with van der Waals surface area (Å²) in [4.78, 5) is 31.2. The Kier molecular flexibility index (Phi) is 6.17. The number of likely N-dealkylation sites (N-methyl/N-ethyl adjacent to an activating group) is 1. The van der Waals surface area contributed by atoms with Crippen LogP contribution < -0.4 is 5.32 Å². The molecule has 0 spiro atoms. The third-order valence-corrected chi connectivity index (χ3v) is 7.39. The van der Waals surface area contributed by atoms with E-state index in [1.807, 2.05) is 46.1 Å². The van der Waals surface area contributed by atoms with Crippen LogP contribution in [-0.2, 0) is 16.1 Å². The van der Waals surface area contributed by atoms with Crippen molar-refractivity contribution in [2.75, 3.05) is 20.1 Å². The van der Waals surface area contributed by atoms with E-state index < -0.39 is 23.6 Å². The van der Waals surface area contributed by atoms with Crippen molar-refractivity contribution in [3.63, 3.8) is 0 Å². The molecule has 188 valence electrons. The normalized spacial score (nSPS) is 25.9. The van der Waals surface area contributed by atoms with Crippen molar-refractivity contribution in [2.45, 2.75) is 76.7 Å². The highest BCUT2D eigenvalue weighted by Crippen LogP contribution is 2.40. The molecule has 3 aliphatic rings. The molecule has 5 rings (SSSR count). The lowest BCUT2D eigenvalue weighted by molar-refractivity contribution is -0.144. The van der Waals surface area contributed by atoms with E-state index in [2.05, 4.69) is 32.7 Å². The zero-order valence-corrected chi connectivity index (χ0v) is 21.0. The van der Waals surface area contributed by atoms with Gasteiger partial charge in [-0.3, -0.25) is 14.5 Å². The van der Waals surface area contributed by atoms with Gasteiger partial charge in [-0.15, -0.1) is 5.10 Å². The topological polar surface area (TPSA) is 104 Å². The Hall–Kier alpha value is -2.78. The summed E-state index contributed by atoms with van der Waals surface area (Å²) in [5.74, 6) is 0.000592. The molecule has 1 saturated carbocycles. The number of carbonyl (C=O) groups is 2. The highest BCUT2D eigenvalue weighted by atomic mass is 16.3. The maximum absolute atomic E-state index is 13.9. The second-order valence-corrected chi connectivity index (χ2v) is 11.5. The SMILES string of the molecule is CN1Cc2ccccc2C(NC(=O)[C@@H]2C[C@@H](O)CN2C(=O)[C@@H](n2cc(C3CC3)nn2)C(C)(C)C)C1. The molecule has 35 heavy (non-hydrogen) atoms. The molecule has 0 bridgehead atoms. The van der Waals surface area contributed by atoms with Gasteiger partial charge < -0.3 is 15.3 Å². The molecule has 1 aromatic carbocycles. The highest BCUT2D eigenvalue weighted by Gasteiger charge is 2.46. The van der Waals surface area contributed by atoms with Crippen LogP contribution in [0.4, 0.5) is 0 Å².